The van der Waals surface area contributed by atoms with Gasteiger partial charge in [0, 0.05) is 0 Å². The quantitative estimate of drug-likeness (QED) is 0.460. The zero-order chi connectivity index (χ0) is 7.42. The predicted molar refractivity (Wildman–Crippen MR) is 46.5 cm³/mol. The van der Waals surface area contributed by atoms with Crippen molar-refractivity contribution in [1.82, 2.24) is 0 Å². The topological polar surface area (TPSA) is 0 Å². The van der Waals surface area contributed by atoms with Gasteiger partial charge in [0.2, 0.25) is 0 Å². The van der Waals surface area contributed by atoms with Gasteiger partial charge in [-0.15, -0.1) is 0 Å². The molecule has 0 aromatic carbocycles. The Kier molecular flexibility index (Phi) is 1.23. The molecule has 11 heavy (non-hydrogen) atoms. The lowest BCUT2D eigenvalue weighted by Crippen LogP contribution is -2.20. The molecular weight excluding hydrogens is 131 g/mol. The van der Waals surface area contributed by atoms with Crippen LogP contribution < -0.4 is 0 Å². The van der Waals surface area contributed by atoms with E-state index >= 15 is 0 Å². The van der Waals surface area contributed by atoms with E-state index in [-0.39, 0.29) is 0 Å². The van der Waals surface area contributed by atoms with Gasteiger partial charge >= 0.3 is 0 Å². The van der Waals surface area contributed by atoms with E-state index in [1.54, 1.807) is 0 Å². The van der Waals surface area contributed by atoms with Crippen LogP contribution in [0.4, 0.5) is 0 Å². The monoisotopic (exact) mass is 146 g/mol. The molecule has 2 radical (unpaired) electrons. The van der Waals surface area contributed by atoms with Crippen LogP contribution in [0.5, 0.6) is 0 Å². The van der Waals surface area contributed by atoms with Crippen molar-refractivity contribution in [3.05, 3.63) is 0 Å². The van der Waals surface area contributed by atoms with Gasteiger partial charge in [-0.05, 0) is 42.9 Å². The second-order valence-corrected chi connectivity index (χ2v) is 4.82. The molecule has 5 unspecified atom stereocenters. The highest BCUT2D eigenvalue weighted by Crippen LogP contribution is 2.62. The third-order valence-electron chi connectivity index (χ3n) is 4.48. The van der Waals surface area contributed by atoms with Gasteiger partial charge in [-0.3, -0.25) is 0 Å². The van der Waals surface area contributed by atoms with Crippen molar-refractivity contribution in [1.29, 1.82) is 0 Å². The Hall–Kier alpha value is 0.0649. The predicted octanol–water partition coefficient (Wildman–Crippen LogP) is 2.40. The Morgan fingerprint density at radius 3 is 2.64 bits per heavy atom. The van der Waals surface area contributed by atoms with E-state index in [4.69, 9.17) is 7.85 Å². The summed E-state index contributed by atoms with van der Waals surface area (Å²) in [7, 11) is 6.08. The number of hydrogen-bond acceptors (Lipinski definition) is 0. The van der Waals surface area contributed by atoms with Gasteiger partial charge in [-0.1, -0.05) is 18.7 Å². The summed E-state index contributed by atoms with van der Waals surface area (Å²) in [5.41, 5.74) is 0. The van der Waals surface area contributed by atoms with Crippen molar-refractivity contribution >= 4 is 7.85 Å². The molecule has 1 heteroatoms. The van der Waals surface area contributed by atoms with E-state index in [0.717, 1.165) is 23.7 Å². The molecule has 3 aliphatic rings. The van der Waals surface area contributed by atoms with E-state index < -0.39 is 0 Å². The SMILES string of the molecule is [B]C1CC2CC1C1CCCC21. The summed E-state index contributed by atoms with van der Waals surface area (Å²) < 4.78 is 0. The molecule has 3 saturated carbocycles. The summed E-state index contributed by atoms with van der Waals surface area (Å²) in [6.07, 6.45) is 7.36. The normalized spacial score (nSPS) is 60.2. The summed E-state index contributed by atoms with van der Waals surface area (Å²) in [5, 5.41) is 0. The second kappa shape index (κ2) is 2.05. The van der Waals surface area contributed by atoms with Crippen LogP contribution in [0, 0.1) is 23.7 Å². The van der Waals surface area contributed by atoms with Crippen LogP contribution in [0.15, 0.2) is 0 Å². The number of rotatable bonds is 0. The van der Waals surface area contributed by atoms with Crippen LogP contribution >= 0.6 is 0 Å². The second-order valence-electron chi connectivity index (χ2n) is 4.82. The minimum atomic E-state index is 0.583. The average Bonchev–Trinajstić information content (AvgIpc) is 2.52. The Morgan fingerprint density at radius 2 is 1.73 bits per heavy atom. The lowest BCUT2D eigenvalue weighted by molar-refractivity contribution is 0.260. The highest BCUT2D eigenvalue weighted by molar-refractivity contribution is 6.12. The fourth-order valence-corrected chi connectivity index (χ4v) is 4.12. The molecule has 0 saturated heterocycles. The molecule has 0 heterocycles. The summed E-state index contributed by atoms with van der Waals surface area (Å²) in [5.74, 6) is 4.73. The first kappa shape index (κ1) is 6.57. The standard InChI is InChI=1S/C10H15B/c11-10-5-6-4-9(10)8-3-1-2-7(6)8/h6-10H,1-5H2. The summed E-state index contributed by atoms with van der Waals surface area (Å²) >= 11 is 0. The summed E-state index contributed by atoms with van der Waals surface area (Å²) in [4.78, 5) is 0. The first-order valence-corrected chi connectivity index (χ1v) is 5.12. The van der Waals surface area contributed by atoms with Crippen LogP contribution in [0.1, 0.15) is 32.1 Å². The molecule has 0 spiro atoms. The maximum Gasteiger partial charge on any atom is 0.0703 e. The third kappa shape index (κ3) is 0.724. The van der Waals surface area contributed by atoms with E-state index in [1.807, 2.05) is 0 Å². The lowest BCUT2D eigenvalue weighted by atomic mass is 9.67. The molecule has 0 N–H and O–H groups in total. The maximum absolute atomic E-state index is 6.08. The molecular formula is C10H15B. The van der Waals surface area contributed by atoms with E-state index in [0.29, 0.717) is 5.82 Å². The first-order valence-electron chi connectivity index (χ1n) is 5.12. The van der Waals surface area contributed by atoms with Gasteiger partial charge in [0.25, 0.3) is 0 Å². The summed E-state index contributed by atoms with van der Waals surface area (Å²) in [6, 6.07) is 0. The minimum Gasteiger partial charge on any atom is -0.0741 e. The smallest absolute Gasteiger partial charge is 0.0703 e. The Bertz CT molecular complexity index is 178. The van der Waals surface area contributed by atoms with Crippen molar-refractivity contribution in [3.8, 4) is 0 Å². The first-order chi connectivity index (χ1) is 5.36. The summed E-state index contributed by atoms with van der Waals surface area (Å²) in [6.45, 7) is 0. The molecule has 0 aromatic heterocycles. The van der Waals surface area contributed by atoms with E-state index in [1.165, 1.54) is 32.1 Å². The molecule has 3 fully saturated rings. The molecule has 5 atom stereocenters. The average molecular weight is 146 g/mol. The van der Waals surface area contributed by atoms with Crippen LogP contribution in [-0.4, -0.2) is 7.85 Å². The molecule has 0 amide bonds. The van der Waals surface area contributed by atoms with E-state index in [2.05, 4.69) is 0 Å². The van der Waals surface area contributed by atoms with E-state index in [9.17, 15) is 0 Å². The zero-order valence-electron chi connectivity index (χ0n) is 7.00. The Morgan fingerprint density at radius 1 is 0.909 bits per heavy atom. The van der Waals surface area contributed by atoms with Crippen LogP contribution in [-0.2, 0) is 0 Å². The van der Waals surface area contributed by atoms with Gasteiger partial charge in [0.05, 0.1) is 7.85 Å². The molecule has 2 bridgehead atoms. The van der Waals surface area contributed by atoms with Crippen molar-refractivity contribution in [3.63, 3.8) is 0 Å². The van der Waals surface area contributed by atoms with Gasteiger partial charge in [-0.2, -0.15) is 0 Å². The fourth-order valence-electron chi connectivity index (χ4n) is 4.12. The Balaban J connectivity index is 1.90. The van der Waals surface area contributed by atoms with Gasteiger partial charge in [0.15, 0.2) is 0 Å². The van der Waals surface area contributed by atoms with Gasteiger partial charge in [0.1, 0.15) is 0 Å². The zero-order valence-corrected chi connectivity index (χ0v) is 7.00. The molecule has 0 aromatic rings. The van der Waals surface area contributed by atoms with Crippen LogP contribution in [0.25, 0.3) is 0 Å². The third-order valence-corrected chi connectivity index (χ3v) is 4.48. The lowest BCUT2D eigenvalue weighted by Gasteiger charge is -2.29. The highest BCUT2D eigenvalue weighted by Gasteiger charge is 2.51. The number of fused-ring (bicyclic) bond motifs is 5. The molecule has 58 valence electrons. The van der Waals surface area contributed by atoms with Crippen molar-refractivity contribution in [2.24, 2.45) is 23.7 Å². The molecule has 3 rings (SSSR count). The molecule has 3 aliphatic carbocycles. The minimum absolute atomic E-state index is 0.583. The largest absolute Gasteiger partial charge is 0.0741 e. The van der Waals surface area contributed by atoms with Crippen LogP contribution in [0.3, 0.4) is 0 Å². The van der Waals surface area contributed by atoms with Gasteiger partial charge < -0.3 is 0 Å². The fraction of sp³-hybridized carbons (Fsp3) is 1.00. The molecule has 0 nitrogen and oxygen atoms in total. The van der Waals surface area contributed by atoms with Crippen molar-refractivity contribution < 1.29 is 0 Å². The van der Waals surface area contributed by atoms with Crippen molar-refractivity contribution in [2.45, 2.75) is 37.9 Å². The maximum atomic E-state index is 6.08. The Labute approximate surface area is 70.2 Å². The van der Waals surface area contributed by atoms with Crippen LogP contribution in [0.2, 0.25) is 5.82 Å². The number of hydrogen-bond donors (Lipinski definition) is 0. The highest BCUT2D eigenvalue weighted by atomic mass is 14.6. The van der Waals surface area contributed by atoms with Crippen molar-refractivity contribution in [2.75, 3.05) is 0 Å². The molecule has 0 aliphatic heterocycles. The van der Waals surface area contributed by atoms with Gasteiger partial charge in [-0.25, -0.2) is 0 Å².